The van der Waals surface area contributed by atoms with E-state index in [9.17, 15) is 4.79 Å². The normalized spacial score (nSPS) is 22.8. The molecule has 116 valence electrons. The number of pyridine rings is 1. The van der Waals surface area contributed by atoms with Gasteiger partial charge in [0.25, 0.3) is 0 Å². The molecule has 1 aromatic heterocycles. The number of ketones is 1. The molecule has 3 nitrogen and oxygen atoms in total. The zero-order chi connectivity index (χ0) is 15.8. The van der Waals surface area contributed by atoms with Gasteiger partial charge in [0, 0.05) is 12.0 Å². The summed E-state index contributed by atoms with van der Waals surface area (Å²) in [4.78, 5) is 16.6. The topological polar surface area (TPSA) is 39.2 Å². The van der Waals surface area contributed by atoms with E-state index in [0.29, 0.717) is 10.3 Å². The minimum absolute atomic E-state index is 0.0709. The molecule has 1 aromatic rings. The van der Waals surface area contributed by atoms with Crippen LogP contribution in [0.3, 0.4) is 0 Å². The Hall–Kier alpha value is -0.523. The molecule has 2 rings (SSSR count). The van der Waals surface area contributed by atoms with Gasteiger partial charge < -0.3 is 4.43 Å². The molecule has 0 bridgehead atoms. The second-order valence-corrected chi connectivity index (χ2v) is 12.9. The Morgan fingerprint density at radius 3 is 2.48 bits per heavy atom. The SMILES string of the molecule is CC(C)(C)[Si](C)(C)O[C@H]1C[C@@H](C(=O)c2cccc(Br)n2)C1. The first-order valence-electron chi connectivity index (χ1n) is 7.45. The fraction of sp³-hybridized carbons (Fsp3) is 0.625. The smallest absolute Gasteiger partial charge is 0.192 e. The molecule has 1 aliphatic carbocycles. The van der Waals surface area contributed by atoms with E-state index in [0.717, 1.165) is 12.8 Å². The first-order chi connectivity index (χ1) is 9.60. The molecule has 0 radical (unpaired) electrons. The number of hydrogen-bond acceptors (Lipinski definition) is 3. The van der Waals surface area contributed by atoms with Crippen LogP contribution in [0.4, 0.5) is 0 Å². The van der Waals surface area contributed by atoms with E-state index in [4.69, 9.17) is 4.43 Å². The van der Waals surface area contributed by atoms with Crippen molar-refractivity contribution in [3.8, 4) is 0 Å². The van der Waals surface area contributed by atoms with Crippen molar-refractivity contribution in [2.75, 3.05) is 0 Å². The van der Waals surface area contributed by atoms with Crippen molar-refractivity contribution in [2.24, 2.45) is 5.92 Å². The fourth-order valence-corrected chi connectivity index (χ4v) is 3.95. The maximum atomic E-state index is 12.4. The summed E-state index contributed by atoms with van der Waals surface area (Å²) in [7, 11) is -1.72. The van der Waals surface area contributed by atoms with Crippen LogP contribution in [0.1, 0.15) is 44.1 Å². The van der Waals surface area contributed by atoms with Gasteiger partial charge in [0.1, 0.15) is 10.3 Å². The molecular weight excluding hydrogens is 346 g/mol. The Morgan fingerprint density at radius 1 is 1.33 bits per heavy atom. The van der Waals surface area contributed by atoms with Crippen LogP contribution in [0.2, 0.25) is 18.1 Å². The van der Waals surface area contributed by atoms with Gasteiger partial charge in [-0.25, -0.2) is 4.98 Å². The lowest BCUT2D eigenvalue weighted by molar-refractivity contribution is 0.0425. The summed E-state index contributed by atoms with van der Waals surface area (Å²) < 4.78 is 7.05. The Labute approximate surface area is 136 Å². The molecule has 0 saturated heterocycles. The third-order valence-electron chi connectivity index (χ3n) is 4.70. The lowest BCUT2D eigenvalue weighted by Crippen LogP contribution is -2.48. The van der Waals surface area contributed by atoms with E-state index >= 15 is 0 Å². The third kappa shape index (κ3) is 3.82. The van der Waals surface area contributed by atoms with E-state index < -0.39 is 8.32 Å². The van der Waals surface area contributed by atoms with Crippen molar-refractivity contribution in [2.45, 2.75) is 57.8 Å². The third-order valence-corrected chi connectivity index (χ3v) is 9.68. The maximum Gasteiger partial charge on any atom is 0.192 e. The minimum atomic E-state index is -1.72. The van der Waals surface area contributed by atoms with Gasteiger partial charge in [-0.1, -0.05) is 26.8 Å². The quantitative estimate of drug-likeness (QED) is 0.433. The van der Waals surface area contributed by atoms with E-state index in [2.05, 4.69) is 54.8 Å². The predicted molar refractivity (Wildman–Crippen MR) is 91.1 cm³/mol. The molecule has 1 aliphatic rings. The summed E-state index contributed by atoms with van der Waals surface area (Å²) in [5.41, 5.74) is 0.556. The molecule has 1 fully saturated rings. The molecule has 0 N–H and O–H groups in total. The highest BCUT2D eigenvalue weighted by molar-refractivity contribution is 9.10. The first kappa shape index (κ1) is 16.8. The van der Waals surface area contributed by atoms with Crippen LogP contribution in [-0.2, 0) is 4.43 Å². The van der Waals surface area contributed by atoms with Gasteiger partial charge in [-0.2, -0.15) is 0 Å². The van der Waals surface area contributed by atoms with Crippen LogP contribution in [0, 0.1) is 5.92 Å². The van der Waals surface area contributed by atoms with E-state index in [1.807, 2.05) is 12.1 Å². The average molecular weight is 370 g/mol. The molecule has 0 spiro atoms. The van der Waals surface area contributed by atoms with Gasteiger partial charge in [0.05, 0.1) is 0 Å². The number of halogens is 1. The van der Waals surface area contributed by atoms with Crippen molar-refractivity contribution in [3.63, 3.8) is 0 Å². The second kappa shape index (κ2) is 5.93. The zero-order valence-electron chi connectivity index (χ0n) is 13.4. The van der Waals surface area contributed by atoms with Gasteiger partial charge >= 0.3 is 0 Å². The summed E-state index contributed by atoms with van der Waals surface area (Å²) in [6.07, 6.45) is 1.91. The summed E-state index contributed by atoms with van der Waals surface area (Å²) >= 11 is 3.31. The maximum absolute atomic E-state index is 12.4. The number of rotatable bonds is 4. The van der Waals surface area contributed by atoms with Crippen LogP contribution in [0.15, 0.2) is 22.8 Å². The number of Topliss-reactive ketones (excluding diaryl/α,β-unsaturated/α-hetero) is 1. The Kier molecular flexibility index (Phi) is 4.76. The van der Waals surface area contributed by atoms with Crippen LogP contribution in [0.25, 0.3) is 0 Å². The summed E-state index contributed by atoms with van der Waals surface area (Å²) in [5.74, 6) is 0.216. The summed E-state index contributed by atoms with van der Waals surface area (Å²) in [5, 5.41) is 0.216. The summed E-state index contributed by atoms with van der Waals surface area (Å²) in [6, 6.07) is 5.47. The van der Waals surface area contributed by atoms with E-state index in [1.54, 1.807) is 6.07 Å². The van der Waals surface area contributed by atoms with Crippen molar-refractivity contribution in [1.82, 2.24) is 4.98 Å². The standard InChI is InChI=1S/C16H24BrNO2Si/c1-16(2,3)21(4,5)20-12-9-11(10-12)15(19)13-7-6-8-14(17)18-13/h6-8,11-12H,9-10H2,1-5H3/t11-,12+. The molecule has 1 heterocycles. The van der Waals surface area contributed by atoms with E-state index in [1.165, 1.54) is 0 Å². The highest BCUT2D eigenvalue weighted by Gasteiger charge is 2.44. The number of carbonyl (C=O) groups excluding carboxylic acids is 1. The minimum Gasteiger partial charge on any atom is -0.414 e. The average Bonchev–Trinajstić information content (AvgIpc) is 2.31. The van der Waals surface area contributed by atoms with Gasteiger partial charge in [0.15, 0.2) is 14.1 Å². The van der Waals surface area contributed by atoms with Gasteiger partial charge in [-0.05, 0) is 59.0 Å². The van der Waals surface area contributed by atoms with Gasteiger partial charge in [-0.15, -0.1) is 0 Å². The molecular formula is C16H24BrNO2Si. The van der Waals surface area contributed by atoms with Crippen LogP contribution in [-0.4, -0.2) is 25.2 Å². The largest absolute Gasteiger partial charge is 0.414 e. The molecule has 1 saturated carbocycles. The number of aromatic nitrogens is 1. The fourth-order valence-electron chi connectivity index (χ4n) is 2.22. The molecule has 0 aliphatic heterocycles. The summed E-state index contributed by atoms with van der Waals surface area (Å²) in [6.45, 7) is 11.2. The molecule has 21 heavy (non-hydrogen) atoms. The van der Waals surface area contributed by atoms with Crippen molar-refractivity contribution >= 4 is 30.0 Å². The first-order valence-corrected chi connectivity index (χ1v) is 11.1. The van der Waals surface area contributed by atoms with Crippen LogP contribution >= 0.6 is 15.9 Å². The van der Waals surface area contributed by atoms with Crippen molar-refractivity contribution in [1.29, 1.82) is 0 Å². The van der Waals surface area contributed by atoms with Crippen LogP contribution in [0.5, 0.6) is 0 Å². The van der Waals surface area contributed by atoms with Crippen LogP contribution < -0.4 is 0 Å². The highest BCUT2D eigenvalue weighted by Crippen LogP contribution is 2.42. The zero-order valence-corrected chi connectivity index (χ0v) is 16.0. The molecule has 0 aromatic carbocycles. The van der Waals surface area contributed by atoms with Gasteiger partial charge in [0.2, 0.25) is 0 Å². The Morgan fingerprint density at radius 2 is 1.95 bits per heavy atom. The monoisotopic (exact) mass is 369 g/mol. The van der Waals surface area contributed by atoms with Crippen molar-refractivity contribution in [3.05, 3.63) is 28.5 Å². The van der Waals surface area contributed by atoms with Crippen molar-refractivity contribution < 1.29 is 9.22 Å². The highest BCUT2D eigenvalue weighted by atomic mass is 79.9. The van der Waals surface area contributed by atoms with Gasteiger partial charge in [-0.3, -0.25) is 4.79 Å². The molecule has 0 amide bonds. The second-order valence-electron chi connectivity index (χ2n) is 7.38. The Bertz CT molecular complexity index is 533. The molecule has 0 atom stereocenters. The number of carbonyl (C=O) groups is 1. The number of nitrogens with zero attached hydrogens (tertiary/aromatic N) is 1. The van der Waals surface area contributed by atoms with E-state index in [-0.39, 0.29) is 22.8 Å². The molecule has 0 unspecified atom stereocenters. The number of hydrogen-bond donors (Lipinski definition) is 0. The lowest BCUT2D eigenvalue weighted by Gasteiger charge is -2.44. The molecule has 5 heteroatoms. The predicted octanol–water partition coefficient (Wildman–Crippen LogP) is 4.83. The lowest BCUT2D eigenvalue weighted by atomic mass is 9.78. The Balaban J connectivity index is 1.91.